The highest BCUT2D eigenvalue weighted by Crippen LogP contribution is 2.37. The van der Waals surface area contributed by atoms with Gasteiger partial charge in [0.15, 0.2) is 0 Å². The molecule has 0 bridgehead atoms. The lowest BCUT2D eigenvalue weighted by Gasteiger charge is -2.22. The zero-order valence-corrected chi connectivity index (χ0v) is 12.6. The van der Waals surface area contributed by atoms with Crippen molar-refractivity contribution in [1.29, 1.82) is 0 Å². The van der Waals surface area contributed by atoms with Crippen LogP contribution in [0.5, 0.6) is 0 Å². The zero-order valence-electron chi connectivity index (χ0n) is 12.6. The van der Waals surface area contributed by atoms with Crippen molar-refractivity contribution in [2.24, 2.45) is 5.92 Å². The van der Waals surface area contributed by atoms with Gasteiger partial charge in [-0.3, -0.25) is 0 Å². The first-order chi connectivity index (χ1) is 10.4. The van der Waals surface area contributed by atoms with Crippen LogP contribution in [-0.4, -0.2) is 6.54 Å². The van der Waals surface area contributed by atoms with Crippen LogP contribution in [0.15, 0.2) is 42.5 Å². The largest absolute Gasteiger partial charge is 0.385 e. The van der Waals surface area contributed by atoms with Crippen molar-refractivity contribution < 1.29 is 0 Å². The lowest BCUT2D eigenvalue weighted by Crippen LogP contribution is -2.17. The summed E-state index contributed by atoms with van der Waals surface area (Å²) in [5.74, 6) is 0.879. The summed E-state index contributed by atoms with van der Waals surface area (Å²) in [5, 5.41) is 3.67. The molecule has 0 amide bonds. The molecule has 1 fully saturated rings. The van der Waals surface area contributed by atoms with Gasteiger partial charge in [-0.2, -0.15) is 0 Å². The van der Waals surface area contributed by atoms with E-state index in [1.165, 1.54) is 60.0 Å². The minimum absolute atomic E-state index is 0.879. The van der Waals surface area contributed by atoms with E-state index in [9.17, 15) is 0 Å². The van der Waals surface area contributed by atoms with E-state index in [2.05, 4.69) is 47.8 Å². The summed E-state index contributed by atoms with van der Waals surface area (Å²) < 4.78 is 0. The number of fused-ring (bicyclic) bond motifs is 3. The van der Waals surface area contributed by atoms with Gasteiger partial charge in [-0.15, -0.1) is 0 Å². The smallest absolute Gasteiger partial charge is 0.0343 e. The van der Waals surface area contributed by atoms with Crippen LogP contribution in [0.1, 0.15) is 43.2 Å². The molecule has 4 rings (SSSR count). The average molecular weight is 277 g/mol. The number of nitrogens with one attached hydrogen (secondary N) is 1. The third-order valence-corrected chi connectivity index (χ3v) is 5.11. The topological polar surface area (TPSA) is 12.0 Å². The maximum atomic E-state index is 3.67. The highest BCUT2D eigenvalue weighted by molar-refractivity contribution is 5.78. The van der Waals surface area contributed by atoms with Gasteiger partial charge >= 0.3 is 0 Å². The summed E-state index contributed by atoms with van der Waals surface area (Å²) in [4.78, 5) is 0. The maximum absolute atomic E-state index is 3.67. The van der Waals surface area contributed by atoms with E-state index in [1.807, 2.05) is 0 Å². The molecule has 0 aliphatic heterocycles. The van der Waals surface area contributed by atoms with E-state index in [-0.39, 0.29) is 0 Å². The Bertz CT molecular complexity index is 638. The summed E-state index contributed by atoms with van der Waals surface area (Å²) >= 11 is 0. The molecule has 0 unspecified atom stereocenters. The third-order valence-electron chi connectivity index (χ3n) is 5.11. The Balaban J connectivity index is 1.48. The maximum Gasteiger partial charge on any atom is 0.0343 e. The second-order valence-corrected chi connectivity index (χ2v) is 6.59. The first-order valence-electron chi connectivity index (χ1n) is 8.35. The molecule has 0 radical (unpaired) electrons. The molecule has 1 N–H and O–H groups in total. The van der Waals surface area contributed by atoms with Gasteiger partial charge in [0.05, 0.1) is 0 Å². The fraction of sp³-hybridized carbons (Fsp3) is 0.400. The van der Waals surface area contributed by atoms with Crippen molar-refractivity contribution in [3.05, 3.63) is 53.6 Å². The number of benzene rings is 2. The minimum atomic E-state index is 0.879. The fourth-order valence-electron chi connectivity index (χ4n) is 3.91. The Morgan fingerprint density at radius 1 is 0.857 bits per heavy atom. The summed E-state index contributed by atoms with van der Waals surface area (Å²) in [5.41, 5.74) is 7.09. The lowest BCUT2D eigenvalue weighted by atomic mass is 9.89. The first kappa shape index (κ1) is 12.9. The molecule has 1 heteroatoms. The molecule has 1 nitrogen and oxygen atoms in total. The summed E-state index contributed by atoms with van der Waals surface area (Å²) in [6, 6.07) is 15.7. The number of anilines is 1. The van der Waals surface area contributed by atoms with Crippen LogP contribution in [0.2, 0.25) is 0 Å². The van der Waals surface area contributed by atoms with Crippen molar-refractivity contribution in [2.45, 2.75) is 38.5 Å². The predicted molar refractivity (Wildman–Crippen MR) is 89.7 cm³/mol. The molecule has 0 aromatic heterocycles. The van der Waals surface area contributed by atoms with E-state index in [1.54, 1.807) is 0 Å². The number of rotatable bonds is 3. The van der Waals surface area contributed by atoms with Gasteiger partial charge in [0.25, 0.3) is 0 Å². The summed E-state index contributed by atoms with van der Waals surface area (Å²) in [7, 11) is 0. The van der Waals surface area contributed by atoms with Crippen LogP contribution < -0.4 is 5.32 Å². The molecule has 2 aromatic carbocycles. The monoisotopic (exact) mass is 277 g/mol. The first-order valence-corrected chi connectivity index (χ1v) is 8.35. The predicted octanol–water partition coefficient (Wildman–Crippen LogP) is 5.25. The Morgan fingerprint density at radius 3 is 2.57 bits per heavy atom. The standard InChI is InChI=1S/C20H23N/c1-2-6-15(7-3-1)14-21-18-10-11-20-17(13-18)12-16-8-4-5-9-19(16)20/h4-5,8-11,13,15,21H,1-3,6-7,12,14H2. The molecular weight excluding hydrogens is 254 g/mol. The molecule has 1 saturated carbocycles. The summed E-state index contributed by atoms with van der Waals surface area (Å²) in [6.45, 7) is 1.14. The Hall–Kier alpha value is -1.76. The van der Waals surface area contributed by atoms with Gasteiger partial charge in [0.2, 0.25) is 0 Å². The van der Waals surface area contributed by atoms with Gasteiger partial charge in [-0.25, -0.2) is 0 Å². The zero-order chi connectivity index (χ0) is 14.1. The minimum Gasteiger partial charge on any atom is -0.385 e. The third kappa shape index (κ3) is 2.57. The van der Waals surface area contributed by atoms with E-state index in [4.69, 9.17) is 0 Å². The average Bonchev–Trinajstić information content (AvgIpc) is 2.91. The molecule has 2 aliphatic carbocycles. The van der Waals surface area contributed by atoms with Gasteiger partial charge < -0.3 is 5.32 Å². The molecule has 108 valence electrons. The van der Waals surface area contributed by atoms with Crippen molar-refractivity contribution in [3.63, 3.8) is 0 Å². The van der Waals surface area contributed by atoms with Gasteiger partial charge in [-0.1, -0.05) is 49.6 Å². The number of hydrogen-bond donors (Lipinski definition) is 1. The van der Waals surface area contributed by atoms with Crippen molar-refractivity contribution in [1.82, 2.24) is 0 Å². The van der Waals surface area contributed by atoms with Crippen LogP contribution >= 0.6 is 0 Å². The van der Waals surface area contributed by atoms with Crippen LogP contribution in [0.4, 0.5) is 5.69 Å². The quantitative estimate of drug-likeness (QED) is 0.689. The normalized spacial score (nSPS) is 17.3. The molecular formula is C20H23N. The van der Waals surface area contributed by atoms with Crippen LogP contribution in [0.25, 0.3) is 11.1 Å². The highest BCUT2D eigenvalue weighted by Gasteiger charge is 2.18. The molecule has 0 spiro atoms. The van der Waals surface area contributed by atoms with Gasteiger partial charge in [0.1, 0.15) is 0 Å². The van der Waals surface area contributed by atoms with E-state index < -0.39 is 0 Å². The lowest BCUT2D eigenvalue weighted by molar-refractivity contribution is 0.373. The second kappa shape index (κ2) is 5.55. The SMILES string of the molecule is c1ccc2c(c1)Cc1cc(NCC3CCCCC3)ccc1-2. The van der Waals surface area contributed by atoms with Gasteiger partial charge in [-0.05, 0) is 59.6 Å². The fourth-order valence-corrected chi connectivity index (χ4v) is 3.91. The molecule has 0 saturated heterocycles. The van der Waals surface area contributed by atoms with Crippen LogP contribution in [-0.2, 0) is 6.42 Å². The van der Waals surface area contributed by atoms with E-state index >= 15 is 0 Å². The van der Waals surface area contributed by atoms with Crippen LogP contribution in [0.3, 0.4) is 0 Å². The van der Waals surface area contributed by atoms with E-state index in [0.29, 0.717) is 0 Å². The highest BCUT2D eigenvalue weighted by atomic mass is 14.9. The van der Waals surface area contributed by atoms with Crippen LogP contribution in [0, 0.1) is 5.92 Å². The van der Waals surface area contributed by atoms with Crippen molar-refractivity contribution >= 4 is 5.69 Å². The second-order valence-electron chi connectivity index (χ2n) is 6.59. The van der Waals surface area contributed by atoms with Crippen molar-refractivity contribution in [2.75, 3.05) is 11.9 Å². The molecule has 2 aromatic rings. The number of hydrogen-bond acceptors (Lipinski definition) is 1. The Kier molecular flexibility index (Phi) is 3.42. The Morgan fingerprint density at radius 2 is 1.67 bits per heavy atom. The molecule has 2 aliphatic rings. The van der Waals surface area contributed by atoms with Crippen molar-refractivity contribution in [3.8, 4) is 11.1 Å². The summed E-state index contributed by atoms with van der Waals surface area (Å²) in [6.07, 6.45) is 8.18. The molecule has 0 atom stereocenters. The van der Waals surface area contributed by atoms with Gasteiger partial charge in [0, 0.05) is 12.2 Å². The molecule has 21 heavy (non-hydrogen) atoms. The molecule has 0 heterocycles. The Labute approximate surface area is 127 Å². The van der Waals surface area contributed by atoms with E-state index in [0.717, 1.165) is 18.9 Å².